The van der Waals surface area contributed by atoms with Gasteiger partial charge in [-0.2, -0.15) is 0 Å². The summed E-state index contributed by atoms with van der Waals surface area (Å²) < 4.78 is 5.45. The van der Waals surface area contributed by atoms with Gasteiger partial charge < -0.3 is 20.5 Å². The fraction of sp³-hybridized carbons (Fsp3) is 0.409. The molecule has 0 aromatic heterocycles. The van der Waals surface area contributed by atoms with Gasteiger partial charge in [0.2, 0.25) is 0 Å². The van der Waals surface area contributed by atoms with Gasteiger partial charge in [0.05, 0.1) is 19.8 Å². The number of hydrogen-bond acceptors (Lipinski definition) is 4. The number of halogens is 1. The maximum atomic E-state index is 9.61. The van der Waals surface area contributed by atoms with E-state index in [1.54, 1.807) is 12.1 Å². The zero-order valence-electron chi connectivity index (χ0n) is 16.9. The Morgan fingerprint density at radius 2 is 1.83 bits per heavy atom. The second kappa shape index (κ2) is 12.7. The van der Waals surface area contributed by atoms with E-state index >= 15 is 0 Å². The van der Waals surface area contributed by atoms with E-state index in [9.17, 15) is 5.11 Å². The molecule has 2 aromatic rings. The van der Waals surface area contributed by atoms with Crippen LogP contribution >= 0.6 is 24.0 Å². The van der Waals surface area contributed by atoms with Crippen molar-refractivity contribution in [2.75, 3.05) is 32.8 Å². The molecule has 158 valence electrons. The summed E-state index contributed by atoms with van der Waals surface area (Å²) in [5, 5.41) is 16.3. The molecular weight excluding hydrogens is 479 g/mol. The maximum Gasteiger partial charge on any atom is 0.191 e. The molecule has 29 heavy (non-hydrogen) atoms. The van der Waals surface area contributed by atoms with E-state index in [4.69, 9.17) is 4.74 Å². The lowest BCUT2D eigenvalue weighted by atomic mass is 10.1. The highest BCUT2D eigenvalue weighted by atomic mass is 127. The molecule has 2 aromatic carbocycles. The Bertz CT molecular complexity index is 779. The molecule has 0 amide bonds. The van der Waals surface area contributed by atoms with E-state index < -0.39 is 0 Å². The van der Waals surface area contributed by atoms with Crippen molar-refractivity contribution in [3.63, 3.8) is 0 Å². The molecule has 0 aliphatic carbocycles. The van der Waals surface area contributed by atoms with E-state index in [1.165, 1.54) is 11.1 Å². The third-order valence-corrected chi connectivity index (χ3v) is 4.74. The Morgan fingerprint density at radius 1 is 1.07 bits per heavy atom. The number of aliphatic imine (C=N–C) groups is 1. The Morgan fingerprint density at radius 3 is 2.55 bits per heavy atom. The lowest BCUT2D eigenvalue weighted by Gasteiger charge is -2.27. The molecule has 1 heterocycles. The van der Waals surface area contributed by atoms with Crippen molar-refractivity contribution in [1.29, 1.82) is 0 Å². The third-order valence-electron chi connectivity index (χ3n) is 4.74. The summed E-state index contributed by atoms with van der Waals surface area (Å²) in [6.45, 7) is 8.61. The molecule has 1 aliphatic heterocycles. The van der Waals surface area contributed by atoms with Crippen LogP contribution in [0.15, 0.2) is 53.5 Å². The number of ether oxygens (including phenoxy) is 1. The van der Waals surface area contributed by atoms with Crippen LogP contribution < -0.4 is 10.6 Å². The Labute approximate surface area is 190 Å². The second-order valence-corrected chi connectivity index (χ2v) is 6.88. The van der Waals surface area contributed by atoms with Gasteiger partial charge in [0.15, 0.2) is 5.96 Å². The Hall–Kier alpha value is -1.84. The van der Waals surface area contributed by atoms with Crippen LogP contribution in [0.3, 0.4) is 0 Å². The highest BCUT2D eigenvalue weighted by Gasteiger charge is 2.12. The van der Waals surface area contributed by atoms with Crippen LogP contribution in [0.1, 0.15) is 23.6 Å². The van der Waals surface area contributed by atoms with Gasteiger partial charge in [-0.1, -0.05) is 36.4 Å². The number of phenols is 1. The van der Waals surface area contributed by atoms with Crippen molar-refractivity contribution in [3.8, 4) is 5.75 Å². The Balaban J connectivity index is 0.00000300. The van der Waals surface area contributed by atoms with Gasteiger partial charge in [0.1, 0.15) is 5.75 Å². The zero-order valence-corrected chi connectivity index (χ0v) is 19.3. The highest BCUT2D eigenvalue weighted by Crippen LogP contribution is 2.14. The second-order valence-electron chi connectivity index (χ2n) is 6.88. The molecule has 6 nitrogen and oxygen atoms in total. The van der Waals surface area contributed by atoms with E-state index in [2.05, 4.69) is 51.7 Å². The van der Waals surface area contributed by atoms with Crippen LogP contribution in [0.4, 0.5) is 0 Å². The van der Waals surface area contributed by atoms with E-state index in [0.29, 0.717) is 13.1 Å². The third kappa shape index (κ3) is 7.83. The van der Waals surface area contributed by atoms with Gasteiger partial charge >= 0.3 is 0 Å². The van der Waals surface area contributed by atoms with Gasteiger partial charge in [0, 0.05) is 32.7 Å². The quantitative estimate of drug-likeness (QED) is 0.304. The lowest BCUT2D eigenvalue weighted by Crippen LogP contribution is -2.38. The van der Waals surface area contributed by atoms with E-state index in [-0.39, 0.29) is 29.7 Å². The molecule has 1 aliphatic rings. The van der Waals surface area contributed by atoms with Crippen molar-refractivity contribution >= 4 is 29.9 Å². The number of guanidine groups is 1. The smallest absolute Gasteiger partial charge is 0.191 e. The van der Waals surface area contributed by atoms with Crippen molar-refractivity contribution in [2.24, 2.45) is 4.99 Å². The van der Waals surface area contributed by atoms with Gasteiger partial charge in [-0.05, 0) is 35.7 Å². The number of rotatable bonds is 7. The van der Waals surface area contributed by atoms with Crippen LogP contribution in [0.5, 0.6) is 5.75 Å². The fourth-order valence-corrected chi connectivity index (χ4v) is 3.23. The van der Waals surface area contributed by atoms with Crippen molar-refractivity contribution in [1.82, 2.24) is 15.5 Å². The zero-order chi connectivity index (χ0) is 19.6. The number of nitrogens with zero attached hydrogens (tertiary/aromatic N) is 2. The molecule has 1 fully saturated rings. The molecule has 0 atom stereocenters. The van der Waals surface area contributed by atoms with Crippen molar-refractivity contribution in [2.45, 2.75) is 26.6 Å². The number of morpholine rings is 1. The first-order valence-corrected chi connectivity index (χ1v) is 9.91. The van der Waals surface area contributed by atoms with Crippen LogP contribution in [0.25, 0.3) is 0 Å². The number of aromatic hydroxyl groups is 1. The number of hydrogen-bond donors (Lipinski definition) is 3. The summed E-state index contributed by atoms with van der Waals surface area (Å²) in [5.74, 6) is 1.04. The minimum atomic E-state index is 0. The molecule has 1 saturated heterocycles. The molecule has 0 bridgehead atoms. The first-order valence-electron chi connectivity index (χ1n) is 9.91. The summed E-state index contributed by atoms with van der Waals surface area (Å²) in [5.41, 5.74) is 3.59. The average Bonchev–Trinajstić information content (AvgIpc) is 2.72. The molecule has 3 rings (SSSR count). The number of nitrogens with one attached hydrogen (secondary N) is 2. The minimum Gasteiger partial charge on any atom is -0.508 e. The molecule has 0 unspecified atom stereocenters. The van der Waals surface area contributed by atoms with E-state index in [1.807, 2.05) is 12.1 Å². The molecule has 0 spiro atoms. The lowest BCUT2D eigenvalue weighted by molar-refractivity contribution is 0.0341. The van der Waals surface area contributed by atoms with Crippen LogP contribution in [-0.4, -0.2) is 48.8 Å². The number of phenolic OH excluding ortho intramolecular Hbond substituents is 1. The van der Waals surface area contributed by atoms with E-state index in [0.717, 1.165) is 50.9 Å². The monoisotopic (exact) mass is 510 g/mol. The molecule has 3 N–H and O–H groups in total. The summed E-state index contributed by atoms with van der Waals surface area (Å²) in [6, 6.07) is 15.8. The summed E-state index contributed by atoms with van der Waals surface area (Å²) in [7, 11) is 0. The summed E-state index contributed by atoms with van der Waals surface area (Å²) >= 11 is 0. The van der Waals surface area contributed by atoms with Crippen molar-refractivity contribution < 1.29 is 9.84 Å². The maximum absolute atomic E-state index is 9.61. The first-order chi connectivity index (χ1) is 13.7. The molecule has 7 heteroatoms. The predicted octanol–water partition coefficient (Wildman–Crippen LogP) is 3.10. The Kier molecular flexibility index (Phi) is 10.2. The average molecular weight is 510 g/mol. The standard InChI is InChI=1S/C22H30N4O2.HI/c1-2-23-22(24-15-18-6-5-9-21(27)14-18)25-16-19-7-3-4-8-20(19)17-26-10-12-28-13-11-26;/h3-9,14,27H,2,10-13,15-17H2,1H3,(H2,23,24,25);1H. The van der Waals surface area contributed by atoms with Crippen LogP contribution in [0, 0.1) is 0 Å². The van der Waals surface area contributed by atoms with Gasteiger partial charge in [-0.25, -0.2) is 4.99 Å². The normalized spacial score (nSPS) is 14.9. The summed E-state index contributed by atoms with van der Waals surface area (Å²) in [6.07, 6.45) is 0. The van der Waals surface area contributed by atoms with Crippen LogP contribution in [0.2, 0.25) is 0 Å². The molecule has 0 radical (unpaired) electrons. The number of benzene rings is 2. The molecular formula is C22H31IN4O2. The predicted molar refractivity (Wildman–Crippen MR) is 128 cm³/mol. The summed E-state index contributed by atoms with van der Waals surface area (Å²) in [4.78, 5) is 7.08. The van der Waals surface area contributed by atoms with Crippen molar-refractivity contribution in [3.05, 3.63) is 65.2 Å². The first kappa shape index (κ1) is 23.4. The SMILES string of the molecule is CCNC(=NCc1cccc(O)c1)NCc1ccccc1CN1CCOCC1.I. The van der Waals surface area contributed by atoms with Gasteiger partial charge in [-0.3, -0.25) is 4.90 Å². The fourth-order valence-electron chi connectivity index (χ4n) is 3.23. The largest absolute Gasteiger partial charge is 0.508 e. The van der Waals surface area contributed by atoms with Crippen LogP contribution in [-0.2, 0) is 24.4 Å². The van der Waals surface area contributed by atoms with Gasteiger partial charge in [-0.15, -0.1) is 24.0 Å². The highest BCUT2D eigenvalue weighted by molar-refractivity contribution is 14.0. The molecule has 0 saturated carbocycles. The minimum absolute atomic E-state index is 0. The van der Waals surface area contributed by atoms with Gasteiger partial charge in [0.25, 0.3) is 0 Å². The topological polar surface area (TPSA) is 69.1 Å².